The topological polar surface area (TPSA) is 0 Å². The van der Waals surface area contributed by atoms with E-state index < -0.39 is 32.7 Å². The van der Waals surface area contributed by atoms with Crippen LogP contribution in [0.25, 0.3) is 10.8 Å². The van der Waals surface area contributed by atoms with Crippen molar-refractivity contribution in [3.05, 3.63) is 41.5 Å². The molecule has 0 aliphatic carbocycles. The molecule has 0 N–H and O–H groups in total. The molecule has 0 saturated heterocycles. The van der Waals surface area contributed by atoms with Crippen molar-refractivity contribution in [2.24, 2.45) is 0 Å². The van der Waals surface area contributed by atoms with Gasteiger partial charge in [-0.25, -0.2) is 0 Å². The fourth-order valence-electron chi connectivity index (χ4n) is 2.59. The molecule has 2 aromatic rings. The summed E-state index contributed by atoms with van der Waals surface area (Å²) in [4.78, 5) is 0. The summed E-state index contributed by atoms with van der Waals surface area (Å²) in [6, 6.07) is 6.15. The van der Waals surface area contributed by atoms with E-state index in [-0.39, 0.29) is 5.39 Å². The number of fused-ring (bicyclic) bond motifs is 1. The van der Waals surface area contributed by atoms with Crippen LogP contribution in [-0.2, 0) is 5.41 Å². The maximum atomic E-state index is 13.4. The number of aryl methyl sites for hydroxylation is 1. The Morgan fingerprint density at radius 3 is 1.76 bits per heavy atom. The molecule has 0 amide bonds. The van der Waals surface area contributed by atoms with Gasteiger partial charge >= 0.3 is 122 Å². The predicted molar refractivity (Wildman–Crippen MR) is 78.3 cm³/mol. The number of hydrogen-bond donors (Lipinski definition) is 0. The van der Waals surface area contributed by atoms with Crippen LogP contribution < -0.4 is 3.61 Å². The Hall–Kier alpha value is -0.860. The first-order valence-corrected chi connectivity index (χ1v) is 11.9. The van der Waals surface area contributed by atoms with Crippen molar-refractivity contribution in [3.8, 4) is 0 Å². The summed E-state index contributed by atoms with van der Waals surface area (Å²) < 4.78 is 65.5. The second kappa shape index (κ2) is 3.91. The second-order valence-corrected chi connectivity index (χ2v) is 13.1. The molecule has 0 fully saturated rings. The molecule has 2 aromatic carbocycles. The van der Waals surface area contributed by atoms with Gasteiger partial charge in [-0.05, 0) is 0 Å². The Labute approximate surface area is 122 Å². The number of benzene rings is 2. The van der Waals surface area contributed by atoms with E-state index >= 15 is 0 Å². The first kappa shape index (κ1) is 16.5. The minimum atomic E-state index is -10.7. The summed E-state index contributed by atoms with van der Waals surface area (Å²) in [7, 11) is 0. The summed E-state index contributed by atoms with van der Waals surface area (Å²) >= 11 is -10.7. The van der Waals surface area contributed by atoms with E-state index in [1.54, 1.807) is 33.8 Å². The molecule has 0 aliphatic heterocycles. The molecule has 0 nitrogen and oxygen atoms in total. The number of hydrogen-bond acceptors (Lipinski definition) is 0. The summed E-state index contributed by atoms with van der Waals surface area (Å²) in [6.07, 6.45) is 0. The SMILES string of the molecule is Cc1c(C(C)(C)C)cc([Te](F)(F)(F)(F)F)c2ccccc12. The van der Waals surface area contributed by atoms with Gasteiger partial charge in [0.05, 0.1) is 0 Å². The van der Waals surface area contributed by atoms with Crippen molar-refractivity contribution in [1.29, 1.82) is 0 Å². The molecule has 6 heteroatoms. The van der Waals surface area contributed by atoms with Gasteiger partial charge in [-0.2, -0.15) is 0 Å². The molecule has 0 aliphatic rings. The fraction of sp³-hybridized carbons (Fsp3) is 0.333. The molecule has 21 heavy (non-hydrogen) atoms. The molecule has 0 bridgehead atoms. The zero-order chi connectivity index (χ0) is 16.3. The van der Waals surface area contributed by atoms with Gasteiger partial charge in [-0.1, -0.05) is 0 Å². The van der Waals surface area contributed by atoms with E-state index in [0.29, 0.717) is 17.2 Å². The van der Waals surface area contributed by atoms with Gasteiger partial charge < -0.3 is 0 Å². The van der Waals surface area contributed by atoms with Gasteiger partial charge in [-0.3, -0.25) is 0 Å². The second-order valence-electron chi connectivity index (χ2n) is 6.31. The Balaban J connectivity index is 3.07. The van der Waals surface area contributed by atoms with E-state index in [2.05, 4.69) is 0 Å². The minimum absolute atomic E-state index is 0.234. The Bertz CT molecular complexity index is 724. The molecular formula is C15H17F5Te. The summed E-state index contributed by atoms with van der Waals surface area (Å²) in [5.74, 6) is 0. The van der Waals surface area contributed by atoms with Crippen LogP contribution in [0.4, 0.5) is 14.5 Å². The van der Waals surface area contributed by atoms with Gasteiger partial charge in [0.15, 0.2) is 0 Å². The summed E-state index contributed by atoms with van der Waals surface area (Å²) in [5.41, 5.74) is 0.262. The number of halogens is 5. The van der Waals surface area contributed by atoms with E-state index in [1.807, 2.05) is 0 Å². The molecule has 118 valence electrons. The number of rotatable bonds is 1. The Morgan fingerprint density at radius 1 is 0.857 bits per heavy atom. The normalized spacial score (nSPS) is 16.6. The zero-order valence-corrected chi connectivity index (χ0v) is 14.5. The van der Waals surface area contributed by atoms with Gasteiger partial charge in [-0.15, -0.1) is 0 Å². The first-order valence-electron chi connectivity index (χ1n) is 6.38. The van der Waals surface area contributed by atoms with Crippen LogP contribution in [0.5, 0.6) is 0 Å². The third-order valence-electron chi connectivity index (χ3n) is 3.50. The molecule has 0 spiro atoms. The predicted octanol–water partition coefficient (Wildman–Crippen LogP) is 5.34. The fourth-order valence-corrected chi connectivity index (χ4v) is 5.25. The van der Waals surface area contributed by atoms with Crippen LogP contribution >= 0.6 is 0 Å². The molecule has 0 saturated carbocycles. The van der Waals surface area contributed by atoms with E-state index in [9.17, 15) is 14.5 Å². The van der Waals surface area contributed by atoms with Gasteiger partial charge in [0.25, 0.3) is 0 Å². The average Bonchev–Trinajstić information content (AvgIpc) is 2.24. The van der Waals surface area contributed by atoms with Crippen molar-refractivity contribution < 1.29 is 14.5 Å². The molecule has 0 atom stereocenters. The molecular weight excluding hydrogens is 403 g/mol. The monoisotopic (exact) mass is 422 g/mol. The van der Waals surface area contributed by atoms with Gasteiger partial charge in [0, 0.05) is 0 Å². The zero-order valence-electron chi connectivity index (χ0n) is 12.2. The van der Waals surface area contributed by atoms with E-state index in [0.717, 1.165) is 6.07 Å². The van der Waals surface area contributed by atoms with Crippen LogP contribution in [0.3, 0.4) is 0 Å². The van der Waals surface area contributed by atoms with Crippen molar-refractivity contribution >= 4 is 32.7 Å². The molecule has 0 radical (unpaired) electrons. The van der Waals surface area contributed by atoms with Gasteiger partial charge in [0.1, 0.15) is 0 Å². The first-order chi connectivity index (χ1) is 9.11. The molecule has 0 unspecified atom stereocenters. The Morgan fingerprint density at radius 2 is 1.33 bits per heavy atom. The van der Waals surface area contributed by atoms with Crippen LogP contribution in [-0.4, -0.2) is 18.3 Å². The van der Waals surface area contributed by atoms with E-state index in [4.69, 9.17) is 0 Å². The quantitative estimate of drug-likeness (QED) is 0.432. The van der Waals surface area contributed by atoms with Crippen LogP contribution in [0.2, 0.25) is 0 Å². The maximum absolute atomic E-state index is 13.4. The van der Waals surface area contributed by atoms with Crippen molar-refractivity contribution in [2.45, 2.75) is 33.1 Å². The molecule has 0 aromatic heterocycles. The standard InChI is InChI=1S/C15H17F5Te/c1-10-11-7-5-6-8-12(11)14(21(16,17,18,19)20)9-13(10)15(2,3)4/h5-9H,1-4H3. The average molecular weight is 420 g/mol. The van der Waals surface area contributed by atoms with Crippen molar-refractivity contribution in [3.63, 3.8) is 0 Å². The Kier molecular flexibility index (Phi) is 3.07. The third-order valence-corrected chi connectivity index (χ3v) is 6.84. The summed E-state index contributed by atoms with van der Waals surface area (Å²) in [5, 5.41) is -0.177. The van der Waals surface area contributed by atoms with Gasteiger partial charge in [0.2, 0.25) is 0 Å². The van der Waals surface area contributed by atoms with Crippen LogP contribution in [0.1, 0.15) is 31.9 Å². The van der Waals surface area contributed by atoms with Crippen LogP contribution in [0, 0.1) is 6.92 Å². The van der Waals surface area contributed by atoms with Crippen molar-refractivity contribution in [1.82, 2.24) is 0 Å². The van der Waals surface area contributed by atoms with Crippen molar-refractivity contribution in [2.75, 3.05) is 0 Å². The molecule has 2 rings (SSSR count). The van der Waals surface area contributed by atoms with Crippen LogP contribution in [0.15, 0.2) is 30.3 Å². The van der Waals surface area contributed by atoms with E-state index in [1.165, 1.54) is 12.1 Å². The molecule has 0 heterocycles. The third kappa shape index (κ3) is 3.17. The summed E-state index contributed by atoms with van der Waals surface area (Å²) in [6.45, 7) is 6.82.